The zero-order chi connectivity index (χ0) is 12.3. The van der Waals surface area contributed by atoms with Gasteiger partial charge in [-0.15, -0.1) is 0 Å². The highest BCUT2D eigenvalue weighted by atomic mass is 19.1. The van der Waals surface area contributed by atoms with Gasteiger partial charge in [0, 0.05) is 18.0 Å². The maximum atomic E-state index is 12.7. The second kappa shape index (κ2) is 5.41. The number of nitrogens with zero attached hydrogens (tertiary/aromatic N) is 1. The van der Waals surface area contributed by atoms with E-state index < -0.39 is 0 Å². The molecule has 1 aromatic rings. The maximum Gasteiger partial charge on any atom is 0.162 e. The molecule has 1 aromatic carbocycles. The molecule has 3 heteroatoms. The normalized spacial score (nSPS) is 15.2. The number of rotatable bonds is 6. The van der Waals surface area contributed by atoms with E-state index in [1.54, 1.807) is 12.1 Å². The lowest BCUT2D eigenvalue weighted by Gasteiger charge is -2.14. The van der Waals surface area contributed by atoms with E-state index in [-0.39, 0.29) is 11.6 Å². The second-order valence-electron chi connectivity index (χ2n) is 4.75. The Morgan fingerprint density at radius 2 is 2.00 bits per heavy atom. The van der Waals surface area contributed by atoms with Crippen molar-refractivity contribution in [3.63, 3.8) is 0 Å². The van der Waals surface area contributed by atoms with Crippen molar-refractivity contribution in [2.24, 2.45) is 0 Å². The molecule has 0 atom stereocenters. The molecule has 0 aliphatic heterocycles. The zero-order valence-corrected chi connectivity index (χ0v) is 10.2. The van der Waals surface area contributed by atoms with Crippen LogP contribution in [0.3, 0.4) is 0 Å². The predicted octanol–water partition coefficient (Wildman–Crippen LogP) is 2.88. The van der Waals surface area contributed by atoms with Gasteiger partial charge in [-0.25, -0.2) is 4.39 Å². The lowest BCUT2D eigenvalue weighted by molar-refractivity contribution is 0.0976. The van der Waals surface area contributed by atoms with Crippen LogP contribution in [0.2, 0.25) is 0 Å². The molecule has 92 valence electrons. The quantitative estimate of drug-likeness (QED) is 0.707. The minimum atomic E-state index is -0.296. The first kappa shape index (κ1) is 12.2. The van der Waals surface area contributed by atoms with Crippen molar-refractivity contribution in [3.8, 4) is 0 Å². The highest BCUT2D eigenvalue weighted by molar-refractivity contribution is 5.95. The van der Waals surface area contributed by atoms with Gasteiger partial charge >= 0.3 is 0 Å². The van der Waals surface area contributed by atoms with Crippen LogP contribution in [-0.2, 0) is 0 Å². The first-order valence-corrected chi connectivity index (χ1v) is 6.16. The first-order chi connectivity index (χ1) is 8.16. The van der Waals surface area contributed by atoms with Gasteiger partial charge in [0.1, 0.15) is 5.82 Å². The second-order valence-corrected chi connectivity index (χ2v) is 4.75. The highest BCUT2D eigenvalue weighted by Gasteiger charge is 2.25. The summed E-state index contributed by atoms with van der Waals surface area (Å²) in [4.78, 5) is 14.1. The van der Waals surface area contributed by atoms with Crippen LogP contribution in [0.5, 0.6) is 0 Å². The molecule has 0 saturated heterocycles. The van der Waals surface area contributed by atoms with E-state index in [0.29, 0.717) is 12.0 Å². The molecule has 1 saturated carbocycles. The molecule has 2 rings (SSSR count). The standard InChI is InChI=1S/C14H18FNO/c1-16(13-8-9-13)10-2-3-14(17)11-4-6-12(15)7-5-11/h4-7,13H,2-3,8-10H2,1H3. The van der Waals surface area contributed by atoms with Crippen LogP contribution < -0.4 is 0 Å². The minimum absolute atomic E-state index is 0.106. The molecule has 0 N–H and O–H groups in total. The summed E-state index contributed by atoms with van der Waals surface area (Å²) >= 11 is 0. The Bertz CT molecular complexity index is 384. The lowest BCUT2D eigenvalue weighted by atomic mass is 10.1. The van der Waals surface area contributed by atoms with Crippen LogP contribution in [-0.4, -0.2) is 30.3 Å². The Hall–Kier alpha value is -1.22. The Labute approximate surface area is 101 Å². The van der Waals surface area contributed by atoms with E-state index in [2.05, 4.69) is 11.9 Å². The third kappa shape index (κ3) is 3.63. The summed E-state index contributed by atoms with van der Waals surface area (Å²) in [6.45, 7) is 0.970. The van der Waals surface area contributed by atoms with Crippen molar-refractivity contribution in [3.05, 3.63) is 35.6 Å². The van der Waals surface area contributed by atoms with Crippen LogP contribution in [0.4, 0.5) is 4.39 Å². The molecular weight excluding hydrogens is 217 g/mol. The van der Waals surface area contributed by atoms with Crippen molar-refractivity contribution in [1.82, 2.24) is 4.90 Å². The topological polar surface area (TPSA) is 20.3 Å². The van der Waals surface area contributed by atoms with Gasteiger partial charge in [-0.05, 0) is 57.1 Å². The van der Waals surface area contributed by atoms with Gasteiger partial charge in [-0.3, -0.25) is 4.79 Å². The average molecular weight is 235 g/mol. The summed E-state index contributed by atoms with van der Waals surface area (Å²) in [5, 5.41) is 0. The molecule has 17 heavy (non-hydrogen) atoms. The summed E-state index contributed by atoms with van der Waals surface area (Å²) in [7, 11) is 2.11. The largest absolute Gasteiger partial charge is 0.303 e. The fraction of sp³-hybridized carbons (Fsp3) is 0.500. The third-order valence-electron chi connectivity index (χ3n) is 3.25. The van der Waals surface area contributed by atoms with E-state index >= 15 is 0 Å². The lowest BCUT2D eigenvalue weighted by Crippen LogP contribution is -2.22. The summed E-state index contributed by atoms with van der Waals surface area (Å²) in [5.74, 6) is -0.191. The van der Waals surface area contributed by atoms with Crippen molar-refractivity contribution in [2.75, 3.05) is 13.6 Å². The van der Waals surface area contributed by atoms with Gasteiger partial charge < -0.3 is 4.90 Å². The van der Waals surface area contributed by atoms with Gasteiger partial charge in [0.15, 0.2) is 5.78 Å². The number of hydrogen-bond donors (Lipinski definition) is 0. The molecule has 0 bridgehead atoms. The number of carbonyl (C=O) groups is 1. The number of halogens is 1. The molecule has 0 heterocycles. The zero-order valence-electron chi connectivity index (χ0n) is 10.2. The SMILES string of the molecule is CN(CCCC(=O)c1ccc(F)cc1)C1CC1. The smallest absolute Gasteiger partial charge is 0.162 e. The van der Waals surface area contributed by atoms with E-state index in [9.17, 15) is 9.18 Å². The van der Waals surface area contributed by atoms with Gasteiger partial charge in [0.2, 0.25) is 0 Å². The minimum Gasteiger partial charge on any atom is -0.303 e. The molecule has 0 radical (unpaired) electrons. The number of ketones is 1. The molecular formula is C14H18FNO. The van der Waals surface area contributed by atoms with Gasteiger partial charge in [-0.2, -0.15) is 0 Å². The third-order valence-corrected chi connectivity index (χ3v) is 3.25. The van der Waals surface area contributed by atoms with Crippen molar-refractivity contribution < 1.29 is 9.18 Å². The molecule has 1 aliphatic carbocycles. The molecule has 0 amide bonds. The Morgan fingerprint density at radius 3 is 2.59 bits per heavy atom. The van der Waals surface area contributed by atoms with Crippen molar-refractivity contribution in [1.29, 1.82) is 0 Å². The summed E-state index contributed by atoms with van der Waals surface area (Å²) in [6, 6.07) is 6.54. The van der Waals surface area contributed by atoms with Crippen LogP contribution in [0, 0.1) is 5.82 Å². The van der Waals surface area contributed by atoms with Crippen LogP contribution in [0.1, 0.15) is 36.0 Å². The average Bonchev–Trinajstić information content (AvgIpc) is 3.13. The summed E-state index contributed by atoms with van der Waals surface area (Å²) in [6.07, 6.45) is 4.01. The van der Waals surface area contributed by atoms with Gasteiger partial charge in [0.05, 0.1) is 0 Å². The predicted molar refractivity (Wildman–Crippen MR) is 65.6 cm³/mol. The van der Waals surface area contributed by atoms with E-state index in [0.717, 1.165) is 19.0 Å². The fourth-order valence-electron chi connectivity index (χ4n) is 1.97. The number of carbonyl (C=O) groups excluding carboxylic acids is 1. The Morgan fingerprint density at radius 1 is 1.35 bits per heavy atom. The summed E-state index contributed by atoms with van der Waals surface area (Å²) in [5.41, 5.74) is 0.612. The van der Waals surface area contributed by atoms with Crippen molar-refractivity contribution >= 4 is 5.78 Å². The van der Waals surface area contributed by atoms with Gasteiger partial charge in [-0.1, -0.05) is 0 Å². The number of Topliss-reactive ketones (excluding diaryl/α,β-unsaturated/α-hetero) is 1. The monoisotopic (exact) mass is 235 g/mol. The molecule has 0 unspecified atom stereocenters. The molecule has 2 nitrogen and oxygen atoms in total. The summed E-state index contributed by atoms with van der Waals surface area (Å²) < 4.78 is 12.7. The Balaban J connectivity index is 1.74. The maximum absolute atomic E-state index is 12.7. The van der Waals surface area contributed by atoms with E-state index in [4.69, 9.17) is 0 Å². The number of hydrogen-bond acceptors (Lipinski definition) is 2. The molecule has 0 aromatic heterocycles. The van der Waals surface area contributed by atoms with Crippen LogP contribution in [0.25, 0.3) is 0 Å². The fourth-order valence-corrected chi connectivity index (χ4v) is 1.97. The van der Waals surface area contributed by atoms with Crippen molar-refractivity contribution in [2.45, 2.75) is 31.7 Å². The molecule has 1 aliphatic rings. The van der Waals surface area contributed by atoms with E-state index in [1.807, 2.05) is 0 Å². The molecule has 1 fully saturated rings. The first-order valence-electron chi connectivity index (χ1n) is 6.16. The molecule has 0 spiro atoms. The van der Waals surface area contributed by atoms with E-state index in [1.165, 1.54) is 25.0 Å². The highest BCUT2D eigenvalue weighted by Crippen LogP contribution is 2.25. The number of benzene rings is 1. The van der Waals surface area contributed by atoms with Gasteiger partial charge in [0.25, 0.3) is 0 Å². The van der Waals surface area contributed by atoms with Crippen LogP contribution in [0.15, 0.2) is 24.3 Å². The Kier molecular flexibility index (Phi) is 3.89. The van der Waals surface area contributed by atoms with Crippen LogP contribution >= 0.6 is 0 Å².